The molecule has 0 saturated heterocycles. The minimum absolute atomic E-state index is 0.0226. The molecule has 0 bridgehead atoms. The third-order valence-corrected chi connectivity index (χ3v) is 3.11. The Morgan fingerprint density at radius 3 is 2.63 bits per heavy atom. The lowest BCUT2D eigenvalue weighted by molar-refractivity contribution is 0.266. The zero-order valence-corrected chi connectivity index (χ0v) is 10.9. The van der Waals surface area contributed by atoms with Gasteiger partial charge < -0.3 is 10.8 Å². The first-order valence-electron chi connectivity index (χ1n) is 6.26. The molecule has 5 heteroatoms. The van der Waals surface area contributed by atoms with E-state index in [4.69, 9.17) is 10.8 Å². The van der Waals surface area contributed by atoms with Gasteiger partial charge in [0, 0.05) is 18.2 Å². The number of nitrogens with zero attached hydrogens (tertiary/aromatic N) is 2. The van der Waals surface area contributed by atoms with Gasteiger partial charge in [-0.05, 0) is 30.7 Å². The smallest absolute Gasteiger partial charge is 0.123 e. The van der Waals surface area contributed by atoms with Gasteiger partial charge in [-0.3, -0.25) is 4.68 Å². The van der Waals surface area contributed by atoms with Crippen LogP contribution in [0.4, 0.5) is 4.39 Å². The lowest BCUT2D eigenvalue weighted by Crippen LogP contribution is -2.19. The topological polar surface area (TPSA) is 64.1 Å². The van der Waals surface area contributed by atoms with E-state index < -0.39 is 0 Å². The third-order valence-electron chi connectivity index (χ3n) is 3.11. The molecule has 0 aliphatic carbocycles. The zero-order chi connectivity index (χ0) is 13.8. The van der Waals surface area contributed by atoms with Gasteiger partial charge in [-0.2, -0.15) is 5.10 Å². The van der Waals surface area contributed by atoms with Crippen LogP contribution in [0.15, 0.2) is 30.3 Å². The van der Waals surface area contributed by atoms with Crippen LogP contribution in [-0.4, -0.2) is 28.0 Å². The van der Waals surface area contributed by atoms with Crippen LogP contribution < -0.4 is 5.73 Å². The average Bonchev–Trinajstić information content (AvgIpc) is 2.74. The molecule has 0 fully saturated rings. The van der Waals surface area contributed by atoms with E-state index in [9.17, 15) is 4.39 Å². The molecule has 102 valence electrons. The summed E-state index contributed by atoms with van der Waals surface area (Å²) in [5.41, 5.74) is 8.62. The highest BCUT2D eigenvalue weighted by molar-refractivity contribution is 5.30. The Balaban J connectivity index is 2.38. The Morgan fingerprint density at radius 1 is 1.37 bits per heavy atom. The number of nitrogens with two attached hydrogens (primary N) is 1. The monoisotopic (exact) mass is 263 g/mol. The highest BCUT2D eigenvalue weighted by atomic mass is 19.1. The van der Waals surface area contributed by atoms with Gasteiger partial charge in [-0.15, -0.1) is 0 Å². The van der Waals surface area contributed by atoms with E-state index in [0.717, 1.165) is 17.0 Å². The van der Waals surface area contributed by atoms with Crippen LogP contribution in [0, 0.1) is 12.7 Å². The summed E-state index contributed by atoms with van der Waals surface area (Å²) in [6, 6.07) is 8.28. The van der Waals surface area contributed by atoms with Crippen LogP contribution in [-0.2, 0) is 6.54 Å². The van der Waals surface area contributed by atoms with Gasteiger partial charge in [-0.25, -0.2) is 4.39 Å². The number of hydrogen-bond donors (Lipinski definition) is 2. The van der Waals surface area contributed by atoms with E-state index in [1.807, 2.05) is 13.0 Å². The molecule has 1 unspecified atom stereocenters. The number of aryl methyl sites for hydroxylation is 1. The summed E-state index contributed by atoms with van der Waals surface area (Å²) < 4.78 is 14.7. The molecular weight excluding hydrogens is 245 g/mol. The fraction of sp³-hybridized carbons (Fsp3) is 0.357. The minimum Gasteiger partial charge on any atom is -0.394 e. The molecule has 0 radical (unpaired) electrons. The van der Waals surface area contributed by atoms with Crippen LogP contribution in [0.2, 0.25) is 0 Å². The SMILES string of the molecule is Cc1cc(C(CN)c2ccc(F)cc2)n(CCO)n1. The van der Waals surface area contributed by atoms with Crippen LogP contribution in [0.25, 0.3) is 0 Å². The van der Waals surface area contributed by atoms with Crippen molar-refractivity contribution in [2.75, 3.05) is 13.2 Å². The standard InChI is InChI=1S/C14H18FN3O/c1-10-8-14(18(17-10)6-7-19)13(9-16)11-2-4-12(15)5-3-11/h2-5,8,13,19H,6-7,9,16H2,1H3. The van der Waals surface area contributed by atoms with Crippen molar-refractivity contribution >= 4 is 0 Å². The molecule has 1 aromatic heterocycles. The van der Waals surface area contributed by atoms with E-state index in [1.54, 1.807) is 16.8 Å². The Morgan fingerprint density at radius 2 is 2.05 bits per heavy atom. The van der Waals surface area contributed by atoms with Crippen molar-refractivity contribution in [1.29, 1.82) is 0 Å². The summed E-state index contributed by atoms with van der Waals surface area (Å²) in [5, 5.41) is 13.4. The predicted octanol–water partition coefficient (Wildman–Crippen LogP) is 1.41. The van der Waals surface area contributed by atoms with Crippen molar-refractivity contribution in [2.45, 2.75) is 19.4 Å². The average molecular weight is 263 g/mol. The molecule has 0 aliphatic heterocycles. The molecule has 2 rings (SSSR count). The molecule has 0 saturated carbocycles. The van der Waals surface area contributed by atoms with Crippen LogP contribution in [0.1, 0.15) is 22.9 Å². The first-order chi connectivity index (χ1) is 9.15. The first kappa shape index (κ1) is 13.7. The van der Waals surface area contributed by atoms with Gasteiger partial charge in [-0.1, -0.05) is 12.1 Å². The fourth-order valence-electron chi connectivity index (χ4n) is 2.24. The summed E-state index contributed by atoms with van der Waals surface area (Å²) in [5.74, 6) is -0.312. The maximum atomic E-state index is 13.0. The Hall–Kier alpha value is -1.72. The molecule has 4 nitrogen and oxygen atoms in total. The molecule has 0 aliphatic rings. The third kappa shape index (κ3) is 3.00. The number of benzene rings is 1. The molecule has 2 aromatic rings. The van der Waals surface area contributed by atoms with Crippen LogP contribution in [0.5, 0.6) is 0 Å². The fourth-order valence-corrected chi connectivity index (χ4v) is 2.24. The molecule has 0 spiro atoms. The van der Waals surface area contributed by atoms with E-state index in [0.29, 0.717) is 13.1 Å². The Kier molecular flexibility index (Phi) is 4.29. The Bertz CT molecular complexity index is 536. The number of hydrogen-bond acceptors (Lipinski definition) is 3. The quantitative estimate of drug-likeness (QED) is 0.857. The summed E-state index contributed by atoms with van der Waals surface area (Å²) in [4.78, 5) is 0. The number of rotatable bonds is 5. The lowest BCUT2D eigenvalue weighted by atomic mass is 9.95. The molecule has 19 heavy (non-hydrogen) atoms. The normalized spacial score (nSPS) is 12.6. The highest BCUT2D eigenvalue weighted by Crippen LogP contribution is 2.24. The Labute approximate surface area is 111 Å². The van der Waals surface area contributed by atoms with E-state index >= 15 is 0 Å². The van der Waals surface area contributed by atoms with Crippen LogP contribution in [0.3, 0.4) is 0 Å². The predicted molar refractivity (Wildman–Crippen MR) is 71.3 cm³/mol. The first-order valence-corrected chi connectivity index (χ1v) is 6.26. The van der Waals surface area contributed by atoms with E-state index in [1.165, 1.54) is 12.1 Å². The second-order valence-corrected chi connectivity index (χ2v) is 4.50. The molecule has 3 N–H and O–H groups in total. The van der Waals surface area contributed by atoms with Crippen LogP contribution >= 0.6 is 0 Å². The summed E-state index contributed by atoms with van der Waals surface area (Å²) in [6.07, 6.45) is 0. The number of halogens is 1. The maximum absolute atomic E-state index is 13.0. The second kappa shape index (κ2) is 5.95. The number of aliphatic hydroxyl groups is 1. The van der Waals surface area contributed by atoms with Crippen molar-refractivity contribution in [3.63, 3.8) is 0 Å². The van der Waals surface area contributed by atoms with Gasteiger partial charge in [0.2, 0.25) is 0 Å². The van der Waals surface area contributed by atoms with Gasteiger partial charge in [0.15, 0.2) is 0 Å². The molecule has 1 atom stereocenters. The van der Waals surface area contributed by atoms with Gasteiger partial charge in [0.05, 0.1) is 18.8 Å². The van der Waals surface area contributed by atoms with Gasteiger partial charge in [0.1, 0.15) is 5.82 Å². The minimum atomic E-state index is -0.264. The van der Waals surface area contributed by atoms with Crippen molar-refractivity contribution in [1.82, 2.24) is 9.78 Å². The molecule has 0 amide bonds. The molecule has 1 heterocycles. The van der Waals surface area contributed by atoms with Crippen molar-refractivity contribution in [2.24, 2.45) is 5.73 Å². The summed E-state index contributed by atoms with van der Waals surface area (Å²) in [6.45, 7) is 2.76. The number of aliphatic hydroxyl groups excluding tert-OH is 1. The van der Waals surface area contributed by atoms with Gasteiger partial charge >= 0.3 is 0 Å². The summed E-state index contributed by atoms with van der Waals surface area (Å²) in [7, 11) is 0. The lowest BCUT2D eigenvalue weighted by Gasteiger charge is -2.17. The second-order valence-electron chi connectivity index (χ2n) is 4.50. The number of aromatic nitrogens is 2. The van der Waals surface area contributed by atoms with Crippen molar-refractivity contribution in [3.8, 4) is 0 Å². The van der Waals surface area contributed by atoms with Crippen molar-refractivity contribution < 1.29 is 9.50 Å². The van der Waals surface area contributed by atoms with Gasteiger partial charge in [0.25, 0.3) is 0 Å². The zero-order valence-electron chi connectivity index (χ0n) is 10.9. The van der Waals surface area contributed by atoms with E-state index in [-0.39, 0.29) is 18.3 Å². The highest BCUT2D eigenvalue weighted by Gasteiger charge is 2.18. The van der Waals surface area contributed by atoms with Crippen molar-refractivity contribution in [3.05, 3.63) is 53.1 Å². The van der Waals surface area contributed by atoms with E-state index in [2.05, 4.69) is 5.10 Å². The summed E-state index contributed by atoms with van der Waals surface area (Å²) >= 11 is 0. The maximum Gasteiger partial charge on any atom is 0.123 e. The molecule has 1 aromatic carbocycles. The largest absolute Gasteiger partial charge is 0.394 e. The molecular formula is C14H18FN3O.